The number of hydrogen-bond donors (Lipinski definition) is 3. The second kappa shape index (κ2) is 4.40. The minimum Gasteiger partial charge on any atom is -0.408 e. The van der Waals surface area contributed by atoms with E-state index in [4.69, 9.17) is 10.2 Å². The maximum atomic E-state index is 11.1. The van der Waals surface area contributed by atoms with E-state index in [0.29, 0.717) is 24.1 Å². The Bertz CT molecular complexity index is 781. The molecule has 0 aliphatic heterocycles. The fourth-order valence-electron chi connectivity index (χ4n) is 2.16. The van der Waals surface area contributed by atoms with Crippen LogP contribution in [0.3, 0.4) is 0 Å². The average molecular weight is 258 g/mol. The molecule has 6 nitrogen and oxygen atoms in total. The van der Waals surface area contributed by atoms with Crippen molar-refractivity contribution in [1.29, 1.82) is 0 Å². The summed E-state index contributed by atoms with van der Waals surface area (Å²) in [6.45, 7) is 2.52. The molecule has 0 amide bonds. The van der Waals surface area contributed by atoms with Gasteiger partial charge in [-0.1, -0.05) is 0 Å². The van der Waals surface area contributed by atoms with E-state index in [-0.39, 0.29) is 0 Å². The second-order valence-corrected chi connectivity index (χ2v) is 4.42. The Hall–Kier alpha value is -2.34. The van der Waals surface area contributed by atoms with Gasteiger partial charge in [0.05, 0.1) is 11.2 Å². The third-order valence-electron chi connectivity index (χ3n) is 3.01. The number of oxazole rings is 1. The summed E-state index contributed by atoms with van der Waals surface area (Å²) < 4.78 is 4.98. The van der Waals surface area contributed by atoms with Crippen LogP contribution in [0.15, 0.2) is 27.4 Å². The molecule has 2 heterocycles. The minimum atomic E-state index is -0.449. The molecule has 3 rings (SSSR count). The van der Waals surface area contributed by atoms with E-state index in [9.17, 15) is 4.79 Å². The van der Waals surface area contributed by atoms with Crippen LogP contribution >= 0.6 is 0 Å². The molecule has 0 aliphatic carbocycles. The first kappa shape index (κ1) is 11.7. The molecule has 3 aromatic rings. The van der Waals surface area contributed by atoms with Gasteiger partial charge in [-0.25, -0.2) is 9.78 Å². The zero-order valence-electron chi connectivity index (χ0n) is 10.5. The maximum absolute atomic E-state index is 11.1. The lowest BCUT2D eigenvalue weighted by molar-refractivity contribution is 0.555. The van der Waals surface area contributed by atoms with Crippen molar-refractivity contribution in [2.24, 2.45) is 5.73 Å². The van der Waals surface area contributed by atoms with Gasteiger partial charge in [-0.2, -0.15) is 0 Å². The van der Waals surface area contributed by atoms with Gasteiger partial charge in [-0.3, -0.25) is 4.98 Å². The normalized spacial score (nSPS) is 11.3. The van der Waals surface area contributed by atoms with Crippen LogP contribution in [0.1, 0.15) is 11.5 Å². The van der Waals surface area contributed by atoms with Gasteiger partial charge in [0.1, 0.15) is 5.82 Å². The lowest BCUT2D eigenvalue weighted by Crippen LogP contribution is -2.03. The van der Waals surface area contributed by atoms with Gasteiger partial charge in [-0.05, 0) is 31.7 Å². The molecule has 6 heteroatoms. The van der Waals surface area contributed by atoms with Crippen molar-refractivity contribution in [2.75, 3.05) is 6.54 Å². The molecule has 0 saturated heterocycles. The largest absolute Gasteiger partial charge is 0.417 e. The van der Waals surface area contributed by atoms with Crippen molar-refractivity contribution in [1.82, 2.24) is 15.0 Å². The van der Waals surface area contributed by atoms with Crippen LogP contribution in [0.2, 0.25) is 0 Å². The molecular weight excluding hydrogens is 244 g/mol. The lowest BCUT2D eigenvalue weighted by atomic mass is 10.1. The number of imidazole rings is 1. The molecule has 0 aliphatic rings. The molecule has 2 aromatic heterocycles. The van der Waals surface area contributed by atoms with Gasteiger partial charge in [-0.15, -0.1) is 0 Å². The first-order valence-electron chi connectivity index (χ1n) is 6.06. The highest BCUT2D eigenvalue weighted by molar-refractivity contribution is 5.79. The quantitative estimate of drug-likeness (QED) is 0.659. The van der Waals surface area contributed by atoms with Gasteiger partial charge in [0.25, 0.3) is 0 Å². The third-order valence-corrected chi connectivity index (χ3v) is 3.01. The van der Waals surface area contributed by atoms with Crippen LogP contribution < -0.4 is 11.5 Å². The molecule has 0 saturated carbocycles. The highest BCUT2D eigenvalue weighted by Gasteiger charge is 2.10. The molecular formula is C13H14N4O2. The first-order chi connectivity index (χ1) is 9.17. The summed E-state index contributed by atoms with van der Waals surface area (Å²) in [7, 11) is 0. The number of aromatic amines is 2. The molecule has 0 fully saturated rings. The Morgan fingerprint density at radius 3 is 3.00 bits per heavy atom. The monoisotopic (exact) mass is 258 g/mol. The Morgan fingerprint density at radius 1 is 1.37 bits per heavy atom. The van der Waals surface area contributed by atoms with Crippen molar-refractivity contribution < 1.29 is 4.42 Å². The van der Waals surface area contributed by atoms with Crippen molar-refractivity contribution in [2.45, 2.75) is 13.3 Å². The third kappa shape index (κ3) is 2.06. The average Bonchev–Trinajstić information content (AvgIpc) is 2.90. The van der Waals surface area contributed by atoms with Gasteiger partial charge in [0.15, 0.2) is 5.58 Å². The van der Waals surface area contributed by atoms with E-state index in [2.05, 4.69) is 15.0 Å². The number of nitrogens with zero attached hydrogens (tertiary/aromatic N) is 1. The standard InChI is InChI=1S/C13H14N4O2/c1-7-12(17-11(15-7)4-5-14)8-2-3-10-9(6-8)16-13(18)19-10/h2-3,6H,4-5,14H2,1H3,(H,15,17)(H,16,18). The first-order valence-corrected chi connectivity index (χ1v) is 6.06. The van der Waals surface area contributed by atoms with E-state index < -0.39 is 5.76 Å². The van der Waals surface area contributed by atoms with Crippen LogP contribution in [0.25, 0.3) is 22.4 Å². The van der Waals surface area contributed by atoms with Crippen LogP contribution in [-0.4, -0.2) is 21.5 Å². The lowest BCUT2D eigenvalue weighted by Gasteiger charge is -1.98. The number of nitrogens with two attached hydrogens (primary N) is 1. The molecule has 98 valence electrons. The Morgan fingerprint density at radius 2 is 2.21 bits per heavy atom. The highest BCUT2D eigenvalue weighted by atomic mass is 16.4. The summed E-state index contributed by atoms with van der Waals surface area (Å²) in [5.41, 5.74) is 9.52. The highest BCUT2D eigenvalue weighted by Crippen LogP contribution is 2.24. The minimum absolute atomic E-state index is 0.449. The van der Waals surface area contributed by atoms with Crippen LogP contribution in [0.4, 0.5) is 0 Å². The SMILES string of the molecule is Cc1[nH]c(CCN)nc1-c1ccc2oc(=O)[nH]c2c1. The smallest absolute Gasteiger partial charge is 0.408 e. The van der Waals surface area contributed by atoms with E-state index in [0.717, 1.165) is 22.8 Å². The predicted molar refractivity (Wildman–Crippen MR) is 71.9 cm³/mol. The number of nitrogens with one attached hydrogen (secondary N) is 2. The van der Waals surface area contributed by atoms with E-state index >= 15 is 0 Å². The molecule has 0 unspecified atom stereocenters. The van der Waals surface area contributed by atoms with E-state index in [1.54, 1.807) is 6.07 Å². The number of rotatable bonds is 3. The molecule has 19 heavy (non-hydrogen) atoms. The summed E-state index contributed by atoms with van der Waals surface area (Å²) in [4.78, 5) is 21.5. The van der Waals surface area contributed by atoms with Crippen LogP contribution in [0, 0.1) is 6.92 Å². The summed E-state index contributed by atoms with van der Waals surface area (Å²) >= 11 is 0. The van der Waals surface area contributed by atoms with Gasteiger partial charge in [0.2, 0.25) is 0 Å². The Kier molecular flexibility index (Phi) is 2.72. The molecule has 0 spiro atoms. The van der Waals surface area contributed by atoms with Crippen LogP contribution in [-0.2, 0) is 6.42 Å². The van der Waals surface area contributed by atoms with Crippen LogP contribution in [0.5, 0.6) is 0 Å². The Balaban J connectivity index is 2.10. The predicted octanol–water partition coefficient (Wildman–Crippen LogP) is 1.32. The van der Waals surface area contributed by atoms with Gasteiger partial charge < -0.3 is 15.1 Å². The topological polar surface area (TPSA) is 101 Å². The number of aryl methyl sites for hydroxylation is 1. The molecule has 1 aromatic carbocycles. The number of benzene rings is 1. The number of fused-ring (bicyclic) bond motifs is 1. The summed E-state index contributed by atoms with van der Waals surface area (Å²) in [6.07, 6.45) is 0.714. The Labute approximate surface area is 108 Å². The molecule has 4 N–H and O–H groups in total. The number of H-pyrrole nitrogens is 2. The zero-order chi connectivity index (χ0) is 13.4. The maximum Gasteiger partial charge on any atom is 0.417 e. The van der Waals surface area contributed by atoms with Crippen molar-refractivity contribution in [3.8, 4) is 11.3 Å². The zero-order valence-corrected chi connectivity index (χ0v) is 10.5. The fraction of sp³-hybridized carbons (Fsp3) is 0.231. The summed E-state index contributed by atoms with van der Waals surface area (Å²) in [6, 6.07) is 5.50. The molecule has 0 bridgehead atoms. The second-order valence-electron chi connectivity index (χ2n) is 4.42. The molecule has 0 radical (unpaired) electrons. The number of hydrogen-bond acceptors (Lipinski definition) is 4. The van der Waals surface area contributed by atoms with Crippen molar-refractivity contribution in [3.63, 3.8) is 0 Å². The van der Waals surface area contributed by atoms with Crippen molar-refractivity contribution in [3.05, 3.63) is 40.3 Å². The number of aromatic nitrogens is 3. The van der Waals surface area contributed by atoms with Gasteiger partial charge >= 0.3 is 5.76 Å². The summed E-state index contributed by atoms with van der Waals surface area (Å²) in [5.74, 6) is 0.422. The molecule has 0 atom stereocenters. The van der Waals surface area contributed by atoms with Crippen molar-refractivity contribution >= 4 is 11.1 Å². The summed E-state index contributed by atoms with van der Waals surface area (Å²) in [5, 5.41) is 0. The van der Waals surface area contributed by atoms with E-state index in [1.807, 2.05) is 19.1 Å². The fourth-order valence-corrected chi connectivity index (χ4v) is 2.16. The van der Waals surface area contributed by atoms with Gasteiger partial charge in [0, 0.05) is 17.7 Å². The van der Waals surface area contributed by atoms with E-state index in [1.165, 1.54) is 0 Å².